The van der Waals surface area contributed by atoms with E-state index in [4.69, 9.17) is 0 Å². The highest BCUT2D eigenvalue weighted by Crippen LogP contribution is 2.19. The van der Waals surface area contributed by atoms with E-state index in [-0.39, 0.29) is 5.91 Å². The van der Waals surface area contributed by atoms with Gasteiger partial charge in [0.2, 0.25) is 10.0 Å². The molecule has 0 N–H and O–H groups in total. The summed E-state index contributed by atoms with van der Waals surface area (Å²) in [5, 5.41) is 0. The lowest BCUT2D eigenvalue weighted by Gasteiger charge is -2.34. The molecule has 7 heteroatoms. The van der Waals surface area contributed by atoms with E-state index in [2.05, 4.69) is 11.9 Å². The van der Waals surface area contributed by atoms with Gasteiger partial charge in [-0.25, -0.2) is 8.42 Å². The van der Waals surface area contributed by atoms with Crippen LogP contribution in [0.25, 0.3) is 0 Å². The van der Waals surface area contributed by atoms with Crippen molar-refractivity contribution < 1.29 is 13.2 Å². The third-order valence-corrected chi connectivity index (χ3v) is 6.75. The number of pyridine rings is 1. The quantitative estimate of drug-likeness (QED) is 0.764. The highest BCUT2D eigenvalue weighted by atomic mass is 32.2. The first-order chi connectivity index (χ1) is 13.0. The molecule has 0 unspecified atom stereocenters. The van der Waals surface area contributed by atoms with Gasteiger partial charge in [-0.1, -0.05) is 25.5 Å². The molecule has 1 saturated heterocycles. The number of rotatable bonds is 6. The second-order valence-corrected chi connectivity index (χ2v) is 8.62. The summed E-state index contributed by atoms with van der Waals surface area (Å²) in [6.45, 7) is 3.51. The Bertz CT molecular complexity index is 859. The summed E-state index contributed by atoms with van der Waals surface area (Å²) >= 11 is 0. The molecule has 0 radical (unpaired) electrons. The summed E-state index contributed by atoms with van der Waals surface area (Å²) in [6.07, 6.45) is 6.34. The topological polar surface area (TPSA) is 70.6 Å². The molecule has 1 fully saturated rings. The summed E-state index contributed by atoms with van der Waals surface area (Å²) < 4.78 is 27.2. The Hall–Kier alpha value is -2.25. The number of carbonyl (C=O) groups is 1. The summed E-state index contributed by atoms with van der Waals surface area (Å²) in [6, 6.07) is 10.5. The molecule has 0 atom stereocenters. The number of hydrogen-bond acceptors (Lipinski definition) is 4. The normalized spacial score (nSPS) is 15.7. The van der Waals surface area contributed by atoms with Gasteiger partial charge in [0.05, 0.1) is 4.90 Å². The van der Waals surface area contributed by atoms with E-state index in [9.17, 15) is 13.2 Å². The summed E-state index contributed by atoms with van der Waals surface area (Å²) in [7, 11) is -3.53. The number of piperazine rings is 1. The predicted octanol–water partition coefficient (Wildman–Crippen LogP) is 2.57. The van der Waals surface area contributed by atoms with Gasteiger partial charge in [0, 0.05) is 44.1 Å². The third-order valence-electron chi connectivity index (χ3n) is 4.83. The number of aryl methyl sites for hydroxylation is 1. The Morgan fingerprint density at radius 3 is 2.22 bits per heavy atom. The zero-order valence-corrected chi connectivity index (χ0v) is 16.4. The van der Waals surface area contributed by atoms with E-state index < -0.39 is 10.0 Å². The number of aromatic nitrogens is 1. The molecular formula is C20H25N3O3S. The molecule has 1 aliphatic rings. The lowest BCUT2D eigenvalue weighted by molar-refractivity contribution is 0.0698. The van der Waals surface area contributed by atoms with Crippen LogP contribution >= 0.6 is 0 Å². The van der Waals surface area contributed by atoms with Crippen LogP contribution in [0.2, 0.25) is 0 Å². The van der Waals surface area contributed by atoms with Crippen LogP contribution in [0.15, 0.2) is 53.7 Å². The zero-order chi connectivity index (χ0) is 19.3. The van der Waals surface area contributed by atoms with Crippen molar-refractivity contribution in [3.8, 4) is 0 Å². The van der Waals surface area contributed by atoms with Gasteiger partial charge in [0.15, 0.2) is 0 Å². The van der Waals surface area contributed by atoms with Crippen LogP contribution < -0.4 is 0 Å². The molecule has 0 spiro atoms. The molecule has 27 heavy (non-hydrogen) atoms. The molecule has 1 amide bonds. The maximum Gasteiger partial charge on any atom is 0.254 e. The van der Waals surface area contributed by atoms with E-state index in [1.54, 1.807) is 41.6 Å². The van der Waals surface area contributed by atoms with E-state index in [0.717, 1.165) is 24.8 Å². The lowest BCUT2D eigenvalue weighted by atomic mass is 10.1. The van der Waals surface area contributed by atoms with Gasteiger partial charge < -0.3 is 4.90 Å². The average Bonchev–Trinajstić information content (AvgIpc) is 2.72. The molecule has 3 rings (SSSR count). The van der Waals surface area contributed by atoms with E-state index in [1.165, 1.54) is 4.31 Å². The van der Waals surface area contributed by atoms with Gasteiger partial charge in [-0.05, 0) is 42.7 Å². The Morgan fingerprint density at radius 2 is 1.63 bits per heavy atom. The van der Waals surface area contributed by atoms with Gasteiger partial charge in [-0.3, -0.25) is 9.78 Å². The van der Waals surface area contributed by atoms with Crippen LogP contribution in [0.5, 0.6) is 0 Å². The van der Waals surface area contributed by atoms with Gasteiger partial charge in [-0.15, -0.1) is 0 Å². The number of benzene rings is 1. The standard InChI is InChI=1S/C20H25N3O3S/c1-2-3-4-17-5-7-19(8-6-17)27(25,26)23-15-13-22(14-16-23)20(24)18-9-11-21-12-10-18/h5-12H,2-4,13-16H2,1H3. The van der Waals surface area contributed by atoms with Crippen LogP contribution in [0.3, 0.4) is 0 Å². The van der Waals surface area contributed by atoms with Crippen LogP contribution in [-0.4, -0.2) is 54.7 Å². The Kier molecular flexibility index (Phi) is 6.23. The van der Waals surface area contributed by atoms with Gasteiger partial charge in [0.25, 0.3) is 5.91 Å². The highest BCUT2D eigenvalue weighted by molar-refractivity contribution is 7.89. The summed E-state index contributed by atoms with van der Waals surface area (Å²) in [4.78, 5) is 18.4. The predicted molar refractivity (Wildman–Crippen MR) is 104 cm³/mol. The molecular weight excluding hydrogens is 362 g/mol. The second kappa shape index (κ2) is 8.63. The monoisotopic (exact) mass is 387 g/mol. The Morgan fingerprint density at radius 1 is 1.00 bits per heavy atom. The maximum atomic E-state index is 12.9. The van der Waals surface area contributed by atoms with Crippen molar-refractivity contribution >= 4 is 15.9 Å². The van der Waals surface area contributed by atoms with Crippen LogP contribution in [-0.2, 0) is 16.4 Å². The fraction of sp³-hybridized carbons (Fsp3) is 0.400. The molecule has 0 bridgehead atoms. The second-order valence-electron chi connectivity index (χ2n) is 6.68. The lowest BCUT2D eigenvalue weighted by Crippen LogP contribution is -2.50. The Labute approximate surface area is 160 Å². The van der Waals surface area contributed by atoms with Crippen molar-refractivity contribution in [1.29, 1.82) is 0 Å². The number of carbonyl (C=O) groups excluding carboxylic acids is 1. The fourth-order valence-electron chi connectivity index (χ4n) is 3.17. The molecule has 2 aromatic rings. The van der Waals surface area contributed by atoms with Crippen LogP contribution in [0, 0.1) is 0 Å². The van der Waals surface area contributed by atoms with Crippen molar-refractivity contribution in [3.05, 3.63) is 59.9 Å². The first-order valence-corrected chi connectivity index (χ1v) is 10.7. The van der Waals surface area contributed by atoms with E-state index in [1.807, 2.05) is 12.1 Å². The molecule has 144 valence electrons. The summed E-state index contributed by atoms with van der Waals surface area (Å²) in [5.74, 6) is -0.0882. The van der Waals surface area contributed by atoms with Gasteiger partial charge in [-0.2, -0.15) is 4.31 Å². The summed E-state index contributed by atoms with van der Waals surface area (Å²) in [5.41, 5.74) is 1.73. The highest BCUT2D eigenvalue weighted by Gasteiger charge is 2.30. The number of sulfonamides is 1. The van der Waals surface area contributed by atoms with Gasteiger partial charge >= 0.3 is 0 Å². The molecule has 0 aliphatic carbocycles. The number of amides is 1. The molecule has 6 nitrogen and oxygen atoms in total. The van der Waals surface area contributed by atoms with Crippen LogP contribution in [0.4, 0.5) is 0 Å². The Balaban J connectivity index is 1.63. The maximum absolute atomic E-state index is 12.9. The molecule has 2 heterocycles. The number of unbranched alkanes of at least 4 members (excludes halogenated alkanes) is 1. The molecule has 1 aliphatic heterocycles. The minimum absolute atomic E-state index is 0.0882. The first kappa shape index (κ1) is 19.5. The van der Waals surface area contributed by atoms with E-state index in [0.29, 0.717) is 36.6 Å². The van der Waals surface area contributed by atoms with Crippen molar-refractivity contribution in [2.45, 2.75) is 31.1 Å². The smallest absolute Gasteiger partial charge is 0.254 e. The van der Waals surface area contributed by atoms with E-state index >= 15 is 0 Å². The van der Waals surface area contributed by atoms with Gasteiger partial charge in [0.1, 0.15) is 0 Å². The molecule has 0 saturated carbocycles. The third kappa shape index (κ3) is 4.54. The SMILES string of the molecule is CCCCc1ccc(S(=O)(=O)N2CCN(C(=O)c3ccncc3)CC2)cc1. The molecule has 1 aromatic heterocycles. The number of hydrogen-bond donors (Lipinski definition) is 0. The fourth-order valence-corrected chi connectivity index (χ4v) is 4.59. The first-order valence-electron chi connectivity index (χ1n) is 9.31. The largest absolute Gasteiger partial charge is 0.336 e. The van der Waals surface area contributed by atoms with Crippen molar-refractivity contribution in [2.75, 3.05) is 26.2 Å². The van der Waals surface area contributed by atoms with Crippen molar-refractivity contribution in [2.24, 2.45) is 0 Å². The average molecular weight is 388 g/mol. The van der Waals surface area contributed by atoms with Crippen LogP contribution in [0.1, 0.15) is 35.7 Å². The minimum Gasteiger partial charge on any atom is -0.336 e. The molecule has 1 aromatic carbocycles. The number of nitrogens with zero attached hydrogens (tertiary/aromatic N) is 3. The van der Waals surface area contributed by atoms with Crippen molar-refractivity contribution in [3.63, 3.8) is 0 Å². The van der Waals surface area contributed by atoms with Crippen molar-refractivity contribution in [1.82, 2.24) is 14.2 Å². The zero-order valence-electron chi connectivity index (χ0n) is 15.5. The minimum atomic E-state index is -3.53.